The topological polar surface area (TPSA) is 6.48 Å². The zero-order valence-corrected chi connectivity index (χ0v) is 13.7. The van der Waals surface area contributed by atoms with Crippen LogP contribution in [0.1, 0.15) is 37.5 Å². The predicted octanol–water partition coefficient (Wildman–Crippen LogP) is 3.40. The normalized spacial score (nSPS) is 12.5. The summed E-state index contributed by atoms with van der Waals surface area (Å²) in [6, 6.07) is 7.07. The van der Waals surface area contributed by atoms with Crippen molar-refractivity contribution < 1.29 is 0 Å². The van der Waals surface area contributed by atoms with Crippen molar-refractivity contribution in [2.24, 2.45) is 5.41 Å². The Morgan fingerprint density at radius 2 is 1.11 bits per heavy atom. The summed E-state index contributed by atoms with van der Waals surface area (Å²) in [6.45, 7) is 8.93. The molecule has 0 saturated carbocycles. The molecular weight excluding hydrogens is 232 g/mol. The van der Waals surface area contributed by atoms with Crippen LogP contribution in [0.3, 0.4) is 0 Å². The summed E-state index contributed by atoms with van der Waals surface area (Å²) in [5.41, 5.74) is 4.64. The molecule has 0 spiro atoms. The Morgan fingerprint density at radius 1 is 0.737 bits per heavy atom. The summed E-state index contributed by atoms with van der Waals surface area (Å²) in [5, 5.41) is 0. The van der Waals surface area contributed by atoms with Crippen molar-refractivity contribution in [3.63, 3.8) is 0 Å². The third-order valence-electron chi connectivity index (χ3n) is 2.84. The second-order valence-corrected chi connectivity index (χ2v) is 7.37. The van der Waals surface area contributed by atoms with Crippen LogP contribution in [0.15, 0.2) is 18.2 Å². The van der Waals surface area contributed by atoms with Gasteiger partial charge in [-0.15, -0.1) is 0 Å². The standard InChI is InChI=1S/C17H30N2/c1-17(2,3)11-14-8-15(12-18(4)5)10-16(9-14)13-19(6)7/h8-10H,11-13H2,1-7H3. The quantitative estimate of drug-likeness (QED) is 0.802. The van der Waals surface area contributed by atoms with Crippen molar-refractivity contribution in [2.45, 2.75) is 40.3 Å². The first-order chi connectivity index (χ1) is 8.65. The molecule has 2 nitrogen and oxygen atoms in total. The first-order valence-corrected chi connectivity index (χ1v) is 7.07. The maximum absolute atomic E-state index is 2.37. The molecule has 108 valence electrons. The minimum Gasteiger partial charge on any atom is -0.305 e. The van der Waals surface area contributed by atoms with Gasteiger partial charge < -0.3 is 9.80 Å². The van der Waals surface area contributed by atoms with E-state index in [9.17, 15) is 0 Å². The van der Waals surface area contributed by atoms with Crippen molar-refractivity contribution in [2.75, 3.05) is 28.2 Å². The lowest BCUT2D eigenvalue weighted by molar-refractivity contribution is 0.391. The van der Waals surface area contributed by atoms with Gasteiger partial charge in [0.2, 0.25) is 0 Å². The fourth-order valence-electron chi connectivity index (χ4n) is 2.47. The van der Waals surface area contributed by atoms with Crippen molar-refractivity contribution in [1.82, 2.24) is 9.80 Å². The zero-order valence-electron chi connectivity index (χ0n) is 13.7. The van der Waals surface area contributed by atoms with Crippen molar-refractivity contribution in [3.8, 4) is 0 Å². The van der Waals surface area contributed by atoms with Crippen LogP contribution in [0.4, 0.5) is 0 Å². The van der Waals surface area contributed by atoms with E-state index in [0.29, 0.717) is 5.41 Å². The molecule has 2 heteroatoms. The lowest BCUT2D eigenvalue weighted by atomic mass is 9.87. The molecule has 1 aromatic carbocycles. The Labute approximate surface area is 119 Å². The largest absolute Gasteiger partial charge is 0.305 e. The highest BCUT2D eigenvalue weighted by Crippen LogP contribution is 2.23. The summed E-state index contributed by atoms with van der Waals surface area (Å²) < 4.78 is 0. The highest BCUT2D eigenvalue weighted by Gasteiger charge is 2.13. The van der Waals surface area contributed by atoms with Crippen LogP contribution in [0.5, 0.6) is 0 Å². The van der Waals surface area contributed by atoms with Gasteiger partial charge in [-0.2, -0.15) is 0 Å². The average molecular weight is 262 g/mol. The Bertz CT molecular complexity index is 372. The van der Waals surface area contributed by atoms with Gasteiger partial charge in [0.15, 0.2) is 0 Å². The fourth-order valence-corrected chi connectivity index (χ4v) is 2.47. The van der Waals surface area contributed by atoms with Gasteiger partial charge in [-0.25, -0.2) is 0 Å². The summed E-state index contributed by atoms with van der Waals surface area (Å²) in [5.74, 6) is 0. The SMILES string of the molecule is CN(C)Cc1cc(CN(C)C)cc(CC(C)(C)C)c1. The van der Waals surface area contributed by atoms with Crippen molar-refractivity contribution >= 4 is 0 Å². The first kappa shape index (κ1) is 16.2. The average Bonchev–Trinajstić information content (AvgIpc) is 2.10. The second kappa shape index (κ2) is 6.53. The summed E-state index contributed by atoms with van der Waals surface area (Å²) in [7, 11) is 8.51. The van der Waals surface area contributed by atoms with Crippen LogP contribution in [0, 0.1) is 5.41 Å². The lowest BCUT2D eigenvalue weighted by Gasteiger charge is -2.21. The molecule has 0 N–H and O–H groups in total. The summed E-state index contributed by atoms with van der Waals surface area (Å²) in [4.78, 5) is 4.46. The van der Waals surface area contributed by atoms with Crippen LogP contribution in [-0.4, -0.2) is 38.0 Å². The van der Waals surface area contributed by atoms with E-state index >= 15 is 0 Å². The highest BCUT2D eigenvalue weighted by atomic mass is 15.1. The molecule has 0 unspecified atom stereocenters. The van der Waals surface area contributed by atoms with Crippen LogP contribution in [0.2, 0.25) is 0 Å². The molecule has 0 aromatic heterocycles. The monoisotopic (exact) mass is 262 g/mol. The third-order valence-corrected chi connectivity index (χ3v) is 2.84. The Morgan fingerprint density at radius 3 is 1.42 bits per heavy atom. The van der Waals surface area contributed by atoms with Crippen LogP contribution in [-0.2, 0) is 19.5 Å². The second-order valence-electron chi connectivity index (χ2n) is 7.37. The van der Waals surface area contributed by atoms with Crippen LogP contribution < -0.4 is 0 Å². The molecular formula is C17H30N2. The molecule has 1 rings (SSSR count). The third kappa shape index (κ3) is 6.74. The number of nitrogens with zero attached hydrogens (tertiary/aromatic N) is 2. The maximum Gasteiger partial charge on any atom is 0.0227 e. The molecule has 0 saturated heterocycles. The predicted molar refractivity (Wildman–Crippen MR) is 84.4 cm³/mol. The fraction of sp³-hybridized carbons (Fsp3) is 0.647. The lowest BCUT2D eigenvalue weighted by Crippen LogP contribution is -2.15. The molecule has 1 aromatic rings. The summed E-state index contributed by atoms with van der Waals surface area (Å²) in [6.07, 6.45) is 1.13. The van der Waals surface area contributed by atoms with E-state index < -0.39 is 0 Å². The van der Waals surface area contributed by atoms with Gasteiger partial charge in [0.05, 0.1) is 0 Å². The molecule has 0 heterocycles. The number of rotatable bonds is 5. The molecule has 0 aliphatic carbocycles. The smallest absolute Gasteiger partial charge is 0.0227 e. The molecule has 0 fully saturated rings. The number of hydrogen-bond acceptors (Lipinski definition) is 2. The van der Waals surface area contributed by atoms with E-state index in [1.165, 1.54) is 16.7 Å². The van der Waals surface area contributed by atoms with Crippen molar-refractivity contribution in [1.29, 1.82) is 0 Å². The van der Waals surface area contributed by atoms with E-state index in [0.717, 1.165) is 19.5 Å². The Kier molecular flexibility index (Phi) is 5.57. The van der Waals surface area contributed by atoms with Gasteiger partial charge in [0, 0.05) is 13.1 Å². The minimum atomic E-state index is 0.339. The number of benzene rings is 1. The van der Waals surface area contributed by atoms with E-state index in [4.69, 9.17) is 0 Å². The van der Waals surface area contributed by atoms with Gasteiger partial charge in [0.25, 0.3) is 0 Å². The Balaban J connectivity index is 3.01. The minimum absolute atomic E-state index is 0.339. The van der Waals surface area contributed by atoms with Gasteiger partial charge >= 0.3 is 0 Å². The maximum atomic E-state index is 2.37. The summed E-state index contributed by atoms with van der Waals surface area (Å²) >= 11 is 0. The van der Waals surface area contributed by atoms with E-state index in [-0.39, 0.29) is 0 Å². The van der Waals surface area contributed by atoms with Gasteiger partial charge in [-0.1, -0.05) is 39.0 Å². The molecule has 0 aliphatic heterocycles. The molecule has 0 atom stereocenters. The molecule has 19 heavy (non-hydrogen) atoms. The highest BCUT2D eigenvalue weighted by molar-refractivity contribution is 5.31. The number of hydrogen-bond donors (Lipinski definition) is 0. The van der Waals surface area contributed by atoms with Gasteiger partial charge in [-0.3, -0.25) is 0 Å². The van der Waals surface area contributed by atoms with Crippen LogP contribution in [0.25, 0.3) is 0 Å². The van der Waals surface area contributed by atoms with E-state index in [2.05, 4.69) is 77.0 Å². The molecule has 0 aliphatic rings. The van der Waals surface area contributed by atoms with Crippen LogP contribution >= 0.6 is 0 Å². The molecule has 0 bridgehead atoms. The first-order valence-electron chi connectivity index (χ1n) is 7.07. The molecule has 0 radical (unpaired) electrons. The van der Waals surface area contributed by atoms with Gasteiger partial charge in [0.1, 0.15) is 0 Å². The van der Waals surface area contributed by atoms with Gasteiger partial charge in [-0.05, 0) is 56.7 Å². The Hall–Kier alpha value is -0.860. The van der Waals surface area contributed by atoms with Crippen molar-refractivity contribution in [3.05, 3.63) is 34.9 Å². The zero-order chi connectivity index (χ0) is 14.6. The molecule has 0 amide bonds. The van der Waals surface area contributed by atoms with E-state index in [1.807, 2.05) is 0 Å². The van der Waals surface area contributed by atoms with E-state index in [1.54, 1.807) is 0 Å².